The Morgan fingerprint density at radius 1 is 1.45 bits per heavy atom. The maximum absolute atomic E-state index is 13.9. The lowest BCUT2D eigenvalue weighted by Gasteiger charge is -2.16. The van der Waals surface area contributed by atoms with Gasteiger partial charge in [-0.2, -0.15) is 5.10 Å². The van der Waals surface area contributed by atoms with E-state index in [0.717, 1.165) is 0 Å². The van der Waals surface area contributed by atoms with Crippen molar-refractivity contribution in [2.45, 2.75) is 12.6 Å². The van der Waals surface area contributed by atoms with Gasteiger partial charge < -0.3 is 10.5 Å². The first-order valence-electron chi connectivity index (χ1n) is 5.95. The first-order valence-corrected chi connectivity index (χ1v) is 6.71. The van der Waals surface area contributed by atoms with Gasteiger partial charge in [-0.25, -0.2) is 4.39 Å². The standard InChI is InChI=1S/C13H14Cl2FN3O/c1-20-5-4-19-13(10(15)7-18-19)12(17)9-6-8(14)2-3-11(9)16/h2-3,6-7,12H,4-5,17H2,1H3. The minimum absolute atomic E-state index is 0.276. The molecule has 20 heavy (non-hydrogen) atoms. The molecule has 0 saturated heterocycles. The Hall–Kier alpha value is -1.14. The largest absolute Gasteiger partial charge is 0.383 e. The molecule has 2 rings (SSSR count). The molecule has 0 radical (unpaired) electrons. The highest BCUT2D eigenvalue weighted by Crippen LogP contribution is 2.29. The summed E-state index contributed by atoms with van der Waals surface area (Å²) in [6.07, 6.45) is 1.48. The second-order valence-electron chi connectivity index (χ2n) is 4.24. The van der Waals surface area contributed by atoms with E-state index >= 15 is 0 Å². The third kappa shape index (κ3) is 3.12. The highest BCUT2D eigenvalue weighted by atomic mass is 35.5. The lowest BCUT2D eigenvalue weighted by atomic mass is 10.0. The highest BCUT2D eigenvalue weighted by Gasteiger charge is 2.21. The molecule has 0 fully saturated rings. The molecule has 108 valence electrons. The van der Waals surface area contributed by atoms with Crippen LogP contribution in [-0.2, 0) is 11.3 Å². The number of methoxy groups -OCH3 is 1. The normalized spacial score (nSPS) is 12.7. The average molecular weight is 318 g/mol. The molecule has 1 unspecified atom stereocenters. The van der Waals surface area contributed by atoms with Gasteiger partial charge in [0.2, 0.25) is 0 Å². The van der Waals surface area contributed by atoms with Crippen LogP contribution in [0.3, 0.4) is 0 Å². The van der Waals surface area contributed by atoms with Crippen LogP contribution in [0.15, 0.2) is 24.4 Å². The molecule has 0 aliphatic rings. The first kappa shape index (κ1) is 15.3. The van der Waals surface area contributed by atoms with Gasteiger partial charge in [0.15, 0.2) is 0 Å². The van der Waals surface area contributed by atoms with Gasteiger partial charge in [-0.1, -0.05) is 23.2 Å². The van der Waals surface area contributed by atoms with Crippen molar-refractivity contribution < 1.29 is 9.13 Å². The van der Waals surface area contributed by atoms with Crippen LogP contribution in [0.1, 0.15) is 17.3 Å². The van der Waals surface area contributed by atoms with E-state index < -0.39 is 11.9 Å². The summed E-state index contributed by atoms with van der Waals surface area (Å²) in [6, 6.07) is 3.49. The minimum Gasteiger partial charge on any atom is -0.383 e. The molecule has 0 bridgehead atoms. The molecular weight excluding hydrogens is 304 g/mol. The molecule has 0 saturated carbocycles. The molecule has 0 aliphatic carbocycles. The minimum atomic E-state index is -0.749. The number of benzene rings is 1. The van der Waals surface area contributed by atoms with Gasteiger partial charge in [0.1, 0.15) is 5.82 Å². The molecule has 1 aromatic carbocycles. The van der Waals surface area contributed by atoms with Crippen molar-refractivity contribution >= 4 is 23.2 Å². The Kier molecular flexibility index (Phi) is 4.99. The number of ether oxygens (including phenoxy) is 1. The van der Waals surface area contributed by atoms with Crippen LogP contribution in [0, 0.1) is 5.82 Å². The lowest BCUT2D eigenvalue weighted by molar-refractivity contribution is 0.182. The predicted molar refractivity (Wildman–Crippen MR) is 76.6 cm³/mol. The highest BCUT2D eigenvalue weighted by molar-refractivity contribution is 6.31. The fraction of sp³-hybridized carbons (Fsp3) is 0.308. The van der Waals surface area contributed by atoms with E-state index in [2.05, 4.69) is 5.10 Å². The van der Waals surface area contributed by atoms with Crippen LogP contribution in [0.2, 0.25) is 10.0 Å². The van der Waals surface area contributed by atoms with Crippen LogP contribution in [-0.4, -0.2) is 23.5 Å². The van der Waals surface area contributed by atoms with Crippen molar-refractivity contribution in [3.63, 3.8) is 0 Å². The maximum atomic E-state index is 13.9. The molecule has 1 atom stereocenters. The van der Waals surface area contributed by atoms with E-state index in [1.165, 1.54) is 24.4 Å². The number of aromatic nitrogens is 2. The van der Waals surface area contributed by atoms with Gasteiger partial charge in [0.25, 0.3) is 0 Å². The first-order chi connectivity index (χ1) is 9.54. The van der Waals surface area contributed by atoms with Crippen LogP contribution >= 0.6 is 23.2 Å². The van der Waals surface area contributed by atoms with E-state index in [1.54, 1.807) is 11.8 Å². The summed E-state index contributed by atoms with van der Waals surface area (Å²) in [4.78, 5) is 0. The van der Waals surface area contributed by atoms with Gasteiger partial charge in [-0.05, 0) is 18.2 Å². The number of halogens is 3. The quantitative estimate of drug-likeness (QED) is 0.922. The fourth-order valence-electron chi connectivity index (χ4n) is 1.94. The Morgan fingerprint density at radius 3 is 2.90 bits per heavy atom. The van der Waals surface area contributed by atoms with Gasteiger partial charge >= 0.3 is 0 Å². The van der Waals surface area contributed by atoms with Crippen molar-refractivity contribution in [3.05, 3.63) is 51.5 Å². The third-order valence-corrected chi connectivity index (χ3v) is 3.45. The Balaban J connectivity index is 2.39. The van der Waals surface area contributed by atoms with Crippen molar-refractivity contribution in [2.24, 2.45) is 5.73 Å². The zero-order chi connectivity index (χ0) is 14.7. The maximum Gasteiger partial charge on any atom is 0.128 e. The van der Waals surface area contributed by atoms with Crippen LogP contribution in [0.5, 0.6) is 0 Å². The van der Waals surface area contributed by atoms with Crippen LogP contribution < -0.4 is 5.73 Å². The molecule has 0 aliphatic heterocycles. The van der Waals surface area contributed by atoms with Crippen molar-refractivity contribution in [3.8, 4) is 0 Å². The SMILES string of the molecule is COCCn1ncc(Cl)c1C(N)c1cc(Cl)ccc1F. The molecule has 4 nitrogen and oxygen atoms in total. The topological polar surface area (TPSA) is 53.1 Å². The molecule has 1 aromatic heterocycles. The fourth-order valence-corrected chi connectivity index (χ4v) is 2.38. The molecule has 7 heteroatoms. The van der Waals surface area contributed by atoms with Gasteiger partial charge in [0, 0.05) is 17.7 Å². The van der Waals surface area contributed by atoms with Crippen molar-refractivity contribution in [1.29, 1.82) is 0 Å². The number of nitrogens with two attached hydrogens (primary N) is 1. The lowest BCUT2D eigenvalue weighted by Crippen LogP contribution is -2.20. The second-order valence-corrected chi connectivity index (χ2v) is 5.08. The summed E-state index contributed by atoms with van der Waals surface area (Å²) >= 11 is 12.0. The molecule has 0 amide bonds. The van der Waals surface area contributed by atoms with Gasteiger partial charge in [-0.3, -0.25) is 4.68 Å². The van der Waals surface area contributed by atoms with E-state index in [1.807, 2.05) is 0 Å². The molecule has 0 spiro atoms. The van der Waals surface area contributed by atoms with Crippen molar-refractivity contribution in [2.75, 3.05) is 13.7 Å². The summed E-state index contributed by atoms with van der Waals surface area (Å²) in [6.45, 7) is 0.935. The summed E-state index contributed by atoms with van der Waals surface area (Å²) in [5, 5.41) is 4.92. The number of hydrogen-bond acceptors (Lipinski definition) is 3. The van der Waals surface area contributed by atoms with E-state index in [0.29, 0.717) is 28.9 Å². The molecular formula is C13H14Cl2FN3O. The predicted octanol–water partition coefficient (Wildman–Crippen LogP) is 3.02. The zero-order valence-electron chi connectivity index (χ0n) is 10.8. The monoisotopic (exact) mass is 317 g/mol. The Morgan fingerprint density at radius 2 is 2.20 bits per heavy atom. The summed E-state index contributed by atoms with van der Waals surface area (Å²) < 4.78 is 20.5. The summed E-state index contributed by atoms with van der Waals surface area (Å²) in [5.41, 5.74) is 6.93. The Bertz CT molecular complexity index is 603. The number of hydrogen-bond donors (Lipinski definition) is 1. The van der Waals surface area contributed by atoms with E-state index in [-0.39, 0.29) is 5.56 Å². The average Bonchev–Trinajstić information content (AvgIpc) is 2.79. The second kappa shape index (κ2) is 6.54. The number of nitrogens with zero attached hydrogens (tertiary/aromatic N) is 2. The van der Waals surface area contributed by atoms with E-state index in [4.69, 9.17) is 33.7 Å². The third-order valence-electron chi connectivity index (χ3n) is 2.93. The zero-order valence-corrected chi connectivity index (χ0v) is 12.3. The molecule has 2 N–H and O–H groups in total. The molecule has 1 heterocycles. The van der Waals surface area contributed by atoms with Crippen LogP contribution in [0.25, 0.3) is 0 Å². The smallest absolute Gasteiger partial charge is 0.128 e. The summed E-state index contributed by atoms with van der Waals surface area (Å²) in [7, 11) is 1.58. The van der Waals surface area contributed by atoms with Crippen molar-refractivity contribution in [1.82, 2.24) is 9.78 Å². The number of rotatable bonds is 5. The van der Waals surface area contributed by atoms with E-state index in [9.17, 15) is 4.39 Å². The van der Waals surface area contributed by atoms with Crippen LogP contribution in [0.4, 0.5) is 4.39 Å². The van der Waals surface area contributed by atoms with Gasteiger partial charge in [-0.15, -0.1) is 0 Å². The van der Waals surface area contributed by atoms with Gasteiger partial charge in [0.05, 0.1) is 36.1 Å². The summed E-state index contributed by atoms with van der Waals surface area (Å²) in [5.74, 6) is -0.433. The molecule has 2 aromatic rings. The Labute approximate surface area is 126 Å².